The summed E-state index contributed by atoms with van der Waals surface area (Å²) in [6, 6.07) is 9.08. The Balaban J connectivity index is 1.72. The van der Waals surface area contributed by atoms with E-state index in [-0.39, 0.29) is 11.5 Å². The Morgan fingerprint density at radius 3 is 2.84 bits per heavy atom. The molecule has 4 rings (SSSR count). The molecular formula is C18H24O. The van der Waals surface area contributed by atoms with Crippen LogP contribution in [0.1, 0.15) is 56.1 Å². The van der Waals surface area contributed by atoms with E-state index in [0.29, 0.717) is 0 Å². The van der Waals surface area contributed by atoms with E-state index in [1.807, 2.05) is 0 Å². The first-order chi connectivity index (χ1) is 9.20. The monoisotopic (exact) mass is 256 g/mol. The number of hydrogen-bond donors (Lipinski definition) is 1. The number of aryl methyl sites for hydroxylation is 1. The van der Waals surface area contributed by atoms with Crippen molar-refractivity contribution in [3.63, 3.8) is 0 Å². The second kappa shape index (κ2) is 4.09. The van der Waals surface area contributed by atoms with E-state index in [1.165, 1.54) is 32.1 Å². The summed E-state index contributed by atoms with van der Waals surface area (Å²) in [4.78, 5) is 0. The lowest BCUT2D eigenvalue weighted by molar-refractivity contribution is -0.0226. The second-order valence-corrected chi connectivity index (χ2v) is 7.25. The maximum absolute atomic E-state index is 10.4. The van der Waals surface area contributed by atoms with Gasteiger partial charge in [0.05, 0.1) is 6.10 Å². The molecule has 0 aromatic heterocycles. The number of aliphatic hydroxyl groups excluding tert-OH is 1. The summed E-state index contributed by atoms with van der Waals surface area (Å²) in [7, 11) is 0. The van der Waals surface area contributed by atoms with Gasteiger partial charge in [0, 0.05) is 0 Å². The fourth-order valence-corrected chi connectivity index (χ4v) is 5.49. The van der Waals surface area contributed by atoms with E-state index in [0.717, 1.165) is 24.2 Å². The molecule has 0 saturated heterocycles. The smallest absolute Gasteiger partial charge is 0.0596 e. The van der Waals surface area contributed by atoms with Gasteiger partial charge < -0.3 is 5.11 Å². The number of aliphatic hydroxyl groups is 1. The number of rotatable bonds is 0. The largest absolute Gasteiger partial charge is 0.393 e. The van der Waals surface area contributed by atoms with Gasteiger partial charge in [-0.3, -0.25) is 0 Å². The molecule has 1 aromatic rings. The molecule has 0 aliphatic heterocycles. The molecule has 0 radical (unpaired) electrons. The van der Waals surface area contributed by atoms with Gasteiger partial charge in [0.25, 0.3) is 0 Å². The van der Waals surface area contributed by atoms with Crippen molar-refractivity contribution in [3.05, 3.63) is 35.4 Å². The predicted molar refractivity (Wildman–Crippen MR) is 77.1 cm³/mol. The Kier molecular flexibility index (Phi) is 2.57. The molecule has 102 valence electrons. The van der Waals surface area contributed by atoms with Crippen LogP contribution in [-0.4, -0.2) is 11.2 Å². The van der Waals surface area contributed by atoms with Crippen LogP contribution in [-0.2, 0) is 6.42 Å². The van der Waals surface area contributed by atoms with Crippen molar-refractivity contribution in [2.75, 3.05) is 0 Å². The molecular weight excluding hydrogens is 232 g/mol. The maximum Gasteiger partial charge on any atom is 0.0596 e. The molecule has 3 aliphatic carbocycles. The van der Waals surface area contributed by atoms with Crippen LogP contribution in [0.4, 0.5) is 0 Å². The van der Waals surface area contributed by atoms with E-state index < -0.39 is 0 Å². The zero-order valence-corrected chi connectivity index (χ0v) is 11.8. The molecule has 0 bridgehead atoms. The molecule has 2 fully saturated rings. The van der Waals surface area contributed by atoms with Crippen LogP contribution in [0, 0.1) is 17.3 Å². The fraction of sp³-hybridized carbons (Fsp3) is 0.667. The molecule has 0 amide bonds. The summed E-state index contributed by atoms with van der Waals surface area (Å²) in [5, 5.41) is 10.4. The highest BCUT2D eigenvalue weighted by molar-refractivity contribution is 5.34. The maximum atomic E-state index is 10.4. The van der Waals surface area contributed by atoms with Crippen LogP contribution in [0.25, 0.3) is 0 Å². The summed E-state index contributed by atoms with van der Waals surface area (Å²) in [5.74, 6) is 2.36. The van der Waals surface area contributed by atoms with Crippen molar-refractivity contribution in [2.45, 2.75) is 57.5 Å². The van der Waals surface area contributed by atoms with Crippen LogP contribution in [0.5, 0.6) is 0 Å². The molecule has 19 heavy (non-hydrogen) atoms. The molecule has 2 saturated carbocycles. The first-order valence-corrected chi connectivity index (χ1v) is 7.96. The molecule has 1 aromatic carbocycles. The van der Waals surface area contributed by atoms with Crippen LogP contribution in [0.2, 0.25) is 0 Å². The lowest BCUT2D eigenvalue weighted by Gasteiger charge is -2.50. The van der Waals surface area contributed by atoms with Gasteiger partial charge in [0.2, 0.25) is 0 Å². The summed E-state index contributed by atoms with van der Waals surface area (Å²) in [6.45, 7) is 2.35. The third-order valence-electron chi connectivity index (χ3n) is 6.59. The highest BCUT2D eigenvalue weighted by Crippen LogP contribution is 2.60. The van der Waals surface area contributed by atoms with E-state index in [9.17, 15) is 5.11 Å². The first-order valence-electron chi connectivity index (χ1n) is 7.96. The number of fused-ring (bicyclic) bond motifs is 5. The topological polar surface area (TPSA) is 20.2 Å². The number of benzene rings is 1. The Bertz CT molecular complexity index is 494. The first kappa shape index (κ1) is 12.0. The van der Waals surface area contributed by atoms with Gasteiger partial charge >= 0.3 is 0 Å². The third-order valence-corrected chi connectivity index (χ3v) is 6.59. The summed E-state index contributed by atoms with van der Waals surface area (Å²) in [5.41, 5.74) is 3.43. The van der Waals surface area contributed by atoms with E-state index in [4.69, 9.17) is 0 Å². The van der Waals surface area contributed by atoms with Gasteiger partial charge in [-0.1, -0.05) is 31.2 Å². The minimum absolute atomic E-state index is 0.0457. The summed E-state index contributed by atoms with van der Waals surface area (Å²) >= 11 is 0. The fourth-order valence-electron chi connectivity index (χ4n) is 5.49. The standard InChI is InChI=1S/C18H24O/c1-18-11-10-14-13-5-3-2-4-12(13)6-7-15(14)16(18)8-9-17(18)19/h2-5,14-17,19H,6-11H2,1H3/t14?,15?,16?,17-,18+/m1/s1. The zero-order valence-electron chi connectivity index (χ0n) is 11.8. The molecule has 3 unspecified atom stereocenters. The summed E-state index contributed by atoms with van der Waals surface area (Å²) < 4.78 is 0. The Morgan fingerprint density at radius 1 is 1.11 bits per heavy atom. The lowest BCUT2D eigenvalue weighted by Crippen LogP contribution is -2.43. The van der Waals surface area contributed by atoms with Crippen molar-refractivity contribution < 1.29 is 5.11 Å². The van der Waals surface area contributed by atoms with Gasteiger partial charge in [-0.05, 0) is 72.8 Å². The van der Waals surface area contributed by atoms with Crippen molar-refractivity contribution in [3.8, 4) is 0 Å². The van der Waals surface area contributed by atoms with Crippen LogP contribution in [0.15, 0.2) is 24.3 Å². The Hall–Kier alpha value is -0.820. The molecule has 3 aliphatic rings. The average molecular weight is 256 g/mol. The summed E-state index contributed by atoms with van der Waals surface area (Å²) in [6.07, 6.45) is 7.33. The normalized spacial score (nSPS) is 44.3. The van der Waals surface area contributed by atoms with Gasteiger partial charge in [-0.2, -0.15) is 0 Å². The van der Waals surface area contributed by atoms with Crippen molar-refractivity contribution in [2.24, 2.45) is 17.3 Å². The van der Waals surface area contributed by atoms with Crippen molar-refractivity contribution in [1.29, 1.82) is 0 Å². The highest BCUT2D eigenvalue weighted by atomic mass is 16.3. The number of hydrogen-bond acceptors (Lipinski definition) is 1. The Labute approximate surface area is 116 Å². The molecule has 1 nitrogen and oxygen atoms in total. The molecule has 1 heteroatoms. The molecule has 0 heterocycles. The van der Waals surface area contributed by atoms with E-state index >= 15 is 0 Å². The van der Waals surface area contributed by atoms with E-state index in [1.54, 1.807) is 11.1 Å². The van der Waals surface area contributed by atoms with Crippen LogP contribution in [0.3, 0.4) is 0 Å². The minimum Gasteiger partial charge on any atom is -0.393 e. The van der Waals surface area contributed by atoms with Crippen molar-refractivity contribution in [1.82, 2.24) is 0 Å². The van der Waals surface area contributed by atoms with Crippen LogP contribution < -0.4 is 0 Å². The predicted octanol–water partition coefficient (Wildman–Crippen LogP) is 3.90. The van der Waals surface area contributed by atoms with Gasteiger partial charge in [-0.15, -0.1) is 0 Å². The van der Waals surface area contributed by atoms with Gasteiger partial charge in [0.15, 0.2) is 0 Å². The third kappa shape index (κ3) is 1.57. The van der Waals surface area contributed by atoms with Crippen molar-refractivity contribution >= 4 is 0 Å². The molecule has 0 spiro atoms. The quantitative estimate of drug-likeness (QED) is 0.746. The highest BCUT2D eigenvalue weighted by Gasteiger charge is 2.54. The van der Waals surface area contributed by atoms with Crippen LogP contribution >= 0.6 is 0 Å². The minimum atomic E-state index is -0.0457. The SMILES string of the molecule is C[C@]12CCC3c4ccccc4CCC3C1CC[C@H]2O. The molecule has 1 N–H and O–H groups in total. The van der Waals surface area contributed by atoms with Gasteiger partial charge in [0.1, 0.15) is 0 Å². The van der Waals surface area contributed by atoms with E-state index in [2.05, 4.69) is 31.2 Å². The zero-order chi connectivity index (χ0) is 13.0. The Morgan fingerprint density at radius 2 is 1.95 bits per heavy atom. The second-order valence-electron chi connectivity index (χ2n) is 7.25. The average Bonchev–Trinajstić information content (AvgIpc) is 2.75. The molecule has 5 atom stereocenters. The lowest BCUT2D eigenvalue weighted by atomic mass is 9.55. The van der Waals surface area contributed by atoms with Gasteiger partial charge in [-0.25, -0.2) is 0 Å².